The van der Waals surface area contributed by atoms with Crippen LogP contribution in [0.15, 0.2) is 0 Å². The van der Waals surface area contributed by atoms with Gasteiger partial charge in [-0.3, -0.25) is 0 Å². The van der Waals surface area contributed by atoms with Crippen LogP contribution in [0, 0.1) is 5.92 Å². The Bertz CT molecular complexity index is 177. The number of nitrogens with two attached hydrogens (primary N) is 1. The van der Waals surface area contributed by atoms with Gasteiger partial charge in [-0.15, -0.1) is 0 Å². The smallest absolute Gasteiger partial charge is 0.0575 e. The quantitative estimate of drug-likeness (QED) is 0.727. The van der Waals surface area contributed by atoms with Gasteiger partial charge in [0.1, 0.15) is 0 Å². The third-order valence-corrected chi connectivity index (χ3v) is 3.52. The molecule has 2 rings (SSSR count). The molecule has 1 saturated heterocycles. The Balaban J connectivity index is 1.78. The zero-order valence-corrected chi connectivity index (χ0v) is 8.59. The fourth-order valence-electron chi connectivity index (χ4n) is 2.37. The average molecular weight is 183 g/mol. The summed E-state index contributed by atoms with van der Waals surface area (Å²) in [4.78, 5) is 0. The molecule has 0 amide bonds. The summed E-state index contributed by atoms with van der Waals surface area (Å²) in [5.74, 6) is 0.839. The van der Waals surface area contributed by atoms with Gasteiger partial charge in [0.05, 0.1) is 6.10 Å². The topological polar surface area (TPSA) is 35.2 Å². The van der Waals surface area contributed by atoms with Crippen molar-refractivity contribution in [2.45, 2.75) is 57.1 Å². The lowest BCUT2D eigenvalue weighted by molar-refractivity contribution is -0.0138. The van der Waals surface area contributed by atoms with Crippen LogP contribution in [0.4, 0.5) is 0 Å². The van der Waals surface area contributed by atoms with Gasteiger partial charge >= 0.3 is 0 Å². The molecule has 76 valence electrons. The highest BCUT2D eigenvalue weighted by Crippen LogP contribution is 2.41. The first-order valence-electron chi connectivity index (χ1n) is 5.62. The Hall–Kier alpha value is -0.0800. The summed E-state index contributed by atoms with van der Waals surface area (Å²) < 4.78 is 5.65. The largest absolute Gasteiger partial charge is 0.378 e. The van der Waals surface area contributed by atoms with E-state index in [0.29, 0.717) is 6.10 Å². The Kier molecular flexibility index (Phi) is 2.61. The van der Waals surface area contributed by atoms with E-state index in [1.165, 1.54) is 32.1 Å². The molecule has 2 heteroatoms. The molecule has 0 aromatic carbocycles. The van der Waals surface area contributed by atoms with Crippen molar-refractivity contribution in [1.29, 1.82) is 0 Å². The molecule has 1 saturated carbocycles. The summed E-state index contributed by atoms with van der Waals surface area (Å²) in [5, 5.41) is 0. The van der Waals surface area contributed by atoms with Crippen molar-refractivity contribution in [3.8, 4) is 0 Å². The van der Waals surface area contributed by atoms with Crippen molar-refractivity contribution in [1.82, 2.24) is 0 Å². The van der Waals surface area contributed by atoms with Crippen LogP contribution < -0.4 is 5.73 Å². The van der Waals surface area contributed by atoms with E-state index in [2.05, 4.69) is 6.92 Å². The van der Waals surface area contributed by atoms with Gasteiger partial charge in [-0.25, -0.2) is 0 Å². The van der Waals surface area contributed by atoms with E-state index in [4.69, 9.17) is 10.5 Å². The maximum Gasteiger partial charge on any atom is 0.0575 e. The van der Waals surface area contributed by atoms with Crippen LogP contribution in [-0.4, -0.2) is 18.2 Å². The molecule has 13 heavy (non-hydrogen) atoms. The average Bonchev–Trinajstić information content (AvgIpc) is 2.84. The van der Waals surface area contributed by atoms with Crippen LogP contribution in [0.25, 0.3) is 0 Å². The van der Waals surface area contributed by atoms with Gasteiger partial charge in [-0.1, -0.05) is 6.92 Å². The molecule has 0 bridgehead atoms. The highest BCUT2D eigenvalue weighted by atomic mass is 16.5. The summed E-state index contributed by atoms with van der Waals surface area (Å²) in [7, 11) is 0. The first-order valence-corrected chi connectivity index (χ1v) is 5.62. The Labute approximate surface area is 80.8 Å². The second-order valence-corrected chi connectivity index (χ2v) is 4.86. The molecule has 2 fully saturated rings. The number of hydrogen-bond acceptors (Lipinski definition) is 2. The Morgan fingerprint density at radius 3 is 2.85 bits per heavy atom. The molecule has 1 aliphatic carbocycles. The van der Waals surface area contributed by atoms with E-state index in [-0.39, 0.29) is 5.54 Å². The Morgan fingerprint density at radius 1 is 1.46 bits per heavy atom. The fraction of sp³-hybridized carbons (Fsp3) is 1.00. The molecule has 0 spiro atoms. The second kappa shape index (κ2) is 3.58. The molecule has 0 aromatic rings. The summed E-state index contributed by atoms with van der Waals surface area (Å²) in [5.41, 5.74) is 6.36. The minimum atomic E-state index is 0.236. The van der Waals surface area contributed by atoms with E-state index in [0.717, 1.165) is 18.9 Å². The number of rotatable bonds is 3. The highest BCUT2D eigenvalue weighted by Gasteiger charge is 2.40. The predicted octanol–water partition coefficient (Wildman–Crippen LogP) is 2.07. The zero-order valence-electron chi connectivity index (χ0n) is 8.59. The van der Waals surface area contributed by atoms with Crippen molar-refractivity contribution in [3.05, 3.63) is 0 Å². The van der Waals surface area contributed by atoms with Crippen molar-refractivity contribution in [3.63, 3.8) is 0 Å². The van der Waals surface area contributed by atoms with Gasteiger partial charge in [0.2, 0.25) is 0 Å². The van der Waals surface area contributed by atoms with Crippen LogP contribution in [0.3, 0.4) is 0 Å². The minimum Gasteiger partial charge on any atom is -0.378 e. The molecular formula is C11H21NO. The lowest BCUT2D eigenvalue weighted by Crippen LogP contribution is -2.31. The summed E-state index contributed by atoms with van der Waals surface area (Å²) in [6.07, 6.45) is 7.90. The second-order valence-electron chi connectivity index (χ2n) is 4.86. The summed E-state index contributed by atoms with van der Waals surface area (Å²) in [6, 6.07) is 0. The molecular weight excluding hydrogens is 162 g/mol. The predicted molar refractivity (Wildman–Crippen MR) is 53.5 cm³/mol. The van der Waals surface area contributed by atoms with E-state index in [1.807, 2.05) is 0 Å². The monoisotopic (exact) mass is 183 g/mol. The van der Waals surface area contributed by atoms with Crippen molar-refractivity contribution in [2.24, 2.45) is 11.7 Å². The molecule has 2 atom stereocenters. The first kappa shape index (κ1) is 9.47. The van der Waals surface area contributed by atoms with Crippen molar-refractivity contribution in [2.75, 3.05) is 6.61 Å². The van der Waals surface area contributed by atoms with E-state index in [1.54, 1.807) is 0 Å². The number of hydrogen-bond donors (Lipinski definition) is 1. The van der Waals surface area contributed by atoms with Gasteiger partial charge in [0.15, 0.2) is 0 Å². The fourth-order valence-corrected chi connectivity index (χ4v) is 2.37. The summed E-state index contributed by atoms with van der Waals surface area (Å²) >= 11 is 0. The normalized spacial score (nSPS) is 37.4. The maximum atomic E-state index is 6.12. The molecule has 2 N–H and O–H groups in total. The first-order chi connectivity index (χ1) is 6.22. The van der Waals surface area contributed by atoms with Gasteiger partial charge < -0.3 is 10.5 Å². The SMILES string of the molecule is CCC1CC(CC2(N)CC2)CCO1. The molecule has 1 aliphatic heterocycles. The van der Waals surface area contributed by atoms with Crippen molar-refractivity contribution >= 4 is 0 Å². The van der Waals surface area contributed by atoms with E-state index >= 15 is 0 Å². The zero-order chi connectivity index (χ0) is 9.31. The van der Waals surface area contributed by atoms with Gasteiger partial charge in [0, 0.05) is 12.1 Å². The molecule has 0 aromatic heterocycles. The Morgan fingerprint density at radius 2 is 2.23 bits per heavy atom. The van der Waals surface area contributed by atoms with Crippen LogP contribution in [0.2, 0.25) is 0 Å². The molecule has 2 unspecified atom stereocenters. The van der Waals surface area contributed by atoms with Crippen LogP contribution in [0.1, 0.15) is 45.4 Å². The van der Waals surface area contributed by atoms with Gasteiger partial charge in [-0.2, -0.15) is 0 Å². The molecule has 0 radical (unpaired) electrons. The van der Waals surface area contributed by atoms with Gasteiger partial charge in [0.25, 0.3) is 0 Å². The summed E-state index contributed by atoms with van der Waals surface area (Å²) in [6.45, 7) is 3.17. The lowest BCUT2D eigenvalue weighted by Gasteiger charge is -2.30. The van der Waals surface area contributed by atoms with E-state index < -0.39 is 0 Å². The van der Waals surface area contributed by atoms with Crippen LogP contribution in [-0.2, 0) is 4.74 Å². The van der Waals surface area contributed by atoms with Crippen molar-refractivity contribution < 1.29 is 4.74 Å². The molecule has 2 aliphatic rings. The maximum absolute atomic E-state index is 6.12. The van der Waals surface area contributed by atoms with Gasteiger partial charge in [-0.05, 0) is 44.4 Å². The number of ether oxygens (including phenoxy) is 1. The van der Waals surface area contributed by atoms with Crippen LogP contribution in [0.5, 0.6) is 0 Å². The third kappa shape index (κ3) is 2.44. The van der Waals surface area contributed by atoms with Crippen LogP contribution >= 0.6 is 0 Å². The minimum absolute atomic E-state index is 0.236. The molecule has 1 heterocycles. The lowest BCUT2D eigenvalue weighted by atomic mass is 9.88. The standard InChI is InChI=1S/C11H21NO/c1-2-10-7-9(3-6-13-10)8-11(12)4-5-11/h9-10H,2-8,12H2,1H3. The third-order valence-electron chi connectivity index (χ3n) is 3.52. The highest BCUT2D eigenvalue weighted by molar-refractivity contribution is 5.00. The molecule has 2 nitrogen and oxygen atoms in total. The van der Waals surface area contributed by atoms with E-state index in [9.17, 15) is 0 Å².